The van der Waals surface area contributed by atoms with E-state index >= 15 is 0 Å². The fraction of sp³-hybridized carbons (Fsp3) is 0.611. The Morgan fingerprint density at radius 1 is 1.24 bits per heavy atom. The highest BCUT2D eigenvalue weighted by Gasteiger charge is 2.24. The van der Waals surface area contributed by atoms with E-state index in [1.807, 2.05) is 45.0 Å². The van der Waals surface area contributed by atoms with Gasteiger partial charge in [0.2, 0.25) is 0 Å². The Labute approximate surface area is 150 Å². The van der Waals surface area contributed by atoms with Crippen LogP contribution in [0, 0.1) is 0 Å². The molecule has 1 N–H and O–H groups in total. The number of nitrogens with one attached hydrogen (secondary N) is 1. The van der Waals surface area contributed by atoms with Crippen molar-refractivity contribution in [1.29, 1.82) is 0 Å². The van der Waals surface area contributed by atoms with Gasteiger partial charge in [-0.1, -0.05) is 18.2 Å². The Morgan fingerprint density at radius 2 is 1.84 bits per heavy atom. The van der Waals surface area contributed by atoms with E-state index in [0.717, 1.165) is 11.3 Å². The highest BCUT2D eigenvalue weighted by Crippen LogP contribution is 2.22. The quantitative estimate of drug-likeness (QED) is 0.884. The van der Waals surface area contributed by atoms with Crippen molar-refractivity contribution >= 4 is 21.6 Å². The van der Waals surface area contributed by atoms with Gasteiger partial charge >= 0.3 is 6.09 Å². The van der Waals surface area contributed by atoms with Crippen LogP contribution in [0.2, 0.25) is 0 Å². The van der Waals surface area contributed by atoms with Crippen LogP contribution in [-0.2, 0) is 21.1 Å². The molecule has 1 fully saturated rings. The average Bonchev–Trinajstić information content (AvgIpc) is 2.49. The van der Waals surface area contributed by atoms with Crippen LogP contribution >= 0.6 is 0 Å². The summed E-state index contributed by atoms with van der Waals surface area (Å²) < 4.78 is 28.5. The molecule has 1 amide bonds. The lowest BCUT2D eigenvalue weighted by atomic mass is 10.1. The third-order valence-electron chi connectivity index (χ3n) is 4.04. The van der Waals surface area contributed by atoms with Crippen molar-refractivity contribution in [2.45, 2.75) is 51.8 Å². The van der Waals surface area contributed by atoms with Gasteiger partial charge < -0.3 is 15.0 Å². The van der Waals surface area contributed by atoms with Crippen LogP contribution in [0.3, 0.4) is 0 Å². The summed E-state index contributed by atoms with van der Waals surface area (Å²) in [5.41, 5.74) is 1.38. The van der Waals surface area contributed by atoms with Crippen molar-refractivity contribution in [2.75, 3.05) is 23.9 Å². The molecular weight excluding hydrogens is 340 g/mol. The van der Waals surface area contributed by atoms with E-state index < -0.39 is 15.4 Å². The Kier molecular flexibility index (Phi) is 5.98. The summed E-state index contributed by atoms with van der Waals surface area (Å²) in [4.78, 5) is 13.7. The van der Waals surface area contributed by atoms with E-state index in [-0.39, 0.29) is 23.6 Å². The number of amides is 1. The largest absolute Gasteiger partial charge is 0.444 e. The molecule has 0 aliphatic carbocycles. The minimum atomic E-state index is -2.88. The van der Waals surface area contributed by atoms with E-state index in [1.54, 1.807) is 7.05 Å². The first-order chi connectivity index (χ1) is 11.6. The molecule has 0 unspecified atom stereocenters. The minimum absolute atomic E-state index is 0.136. The first-order valence-corrected chi connectivity index (χ1v) is 10.4. The molecule has 2 rings (SSSR count). The summed E-state index contributed by atoms with van der Waals surface area (Å²) in [6, 6.07) is 7.91. The van der Waals surface area contributed by atoms with E-state index in [1.165, 1.54) is 4.90 Å². The van der Waals surface area contributed by atoms with Gasteiger partial charge in [-0.25, -0.2) is 13.2 Å². The molecule has 1 aromatic rings. The van der Waals surface area contributed by atoms with Crippen LogP contribution in [0.5, 0.6) is 0 Å². The van der Waals surface area contributed by atoms with Gasteiger partial charge in [-0.3, -0.25) is 0 Å². The van der Waals surface area contributed by atoms with E-state index in [2.05, 4.69) is 5.32 Å². The zero-order valence-corrected chi connectivity index (χ0v) is 16.2. The van der Waals surface area contributed by atoms with E-state index in [9.17, 15) is 13.2 Å². The molecule has 0 saturated carbocycles. The smallest absolute Gasteiger partial charge is 0.410 e. The molecule has 1 heterocycles. The Balaban J connectivity index is 2.02. The van der Waals surface area contributed by atoms with Crippen molar-refractivity contribution in [2.24, 2.45) is 0 Å². The molecule has 0 atom stereocenters. The summed E-state index contributed by atoms with van der Waals surface area (Å²) in [7, 11) is -1.17. The minimum Gasteiger partial charge on any atom is -0.444 e. The average molecular weight is 368 g/mol. The normalized spacial score (nSPS) is 17.8. The SMILES string of the molecule is CN(Cc1ccccc1NC1CCS(=O)(=O)CC1)C(=O)OC(C)(C)C. The van der Waals surface area contributed by atoms with Gasteiger partial charge in [0, 0.05) is 18.8 Å². The molecule has 1 aromatic carbocycles. The van der Waals surface area contributed by atoms with Crippen molar-refractivity contribution < 1.29 is 17.9 Å². The van der Waals surface area contributed by atoms with Crippen LogP contribution in [0.25, 0.3) is 0 Å². The molecule has 6 nitrogen and oxygen atoms in total. The third kappa shape index (κ3) is 6.23. The molecule has 0 radical (unpaired) electrons. The van der Waals surface area contributed by atoms with Crippen molar-refractivity contribution in [1.82, 2.24) is 4.90 Å². The number of para-hydroxylation sites is 1. The fourth-order valence-electron chi connectivity index (χ4n) is 2.71. The van der Waals surface area contributed by atoms with Gasteiger partial charge in [0.25, 0.3) is 0 Å². The fourth-order valence-corrected chi connectivity index (χ4v) is 4.20. The van der Waals surface area contributed by atoms with Crippen LogP contribution in [0.15, 0.2) is 24.3 Å². The Bertz CT molecular complexity index is 696. The zero-order chi connectivity index (χ0) is 18.7. The second-order valence-corrected chi connectivity index (χ2v) is 9.87. The zero-order valence-electron chi connectivity index (χ0n) is 15.4. The van der Waals surface area contributed by atoms with Crippen molar-refractivity contribution in [3.05, 3.63) is 29.8 Å². The lowest BCUT2D eigenvalue weighted by molar-refractivity contribution is 0.0285. The van der Waals surface area contributed by atoms with Crippen molar-refractivity contribution in [3.8, 4) is 0 Å². The monoisotopic (exact) mass is 368 g/mol. The van der Waals surface area contributed by atoms with Gasteiger partial charge in [0.15, 0.2) is 0 Å². The second kappa shape index (κ2) is 7.64. The molecule has 0 aromatic heterocycles. The molecule has 0 bridgehead atoms. The van der Waals surface area contributed by atoms with Gasteiger partial charge in [-0.05, 0) is 45.2 Å². The molecule has 7 heteroatoms. The first-order valence-electron chi connectivity index (χ1n) is 8.55. The molecule has 1 aliphatic rings. The summed E-state index contributed by atoms with van der Waals surface area (Å²) in [6.07, 6.45) is 0.850. The predicted octanol–water partition coefficient (Wildman–Crippen LogP) is 3.04. The Hall–Kier alpha value is -1.76. The standard InChI is InChI=1S/C18H28N2O4S/c1-18(2,3)24-17(21)20(4)13-14-7-5-6-8-16(14)19-15-9-11-25(22,23)12-10-15/h5-8,15,19H,9-13H2,1-4H3. The molecule has 25 heavy (non-hydrogen) atoms. The number of sulfone groups is 1. The number of benzene rings is 1. The lowest BCUT2D eigenvalue weighted by Gasteiger charge is -2.27. The number of rotatable bonds is 4. The first kappa shape index (κ1) is 19.6. The highest BCUT2D eigenvalue weighted by molar-refractivity contribution is 7.91. The number of hydrogen-bond donors (Lipinski definition) is 1. The number of hydrogen-bond acceptors (Lipinski definition) is 5. The van der Waals surface area contributed by atoms with Gasteiger partial charge in [-0.15, -0.1) is 0 Å². The maximum Gasteiger partial charge on any atom is 0.410 e. The van der Waals surface area contributed by atoms with Crippen molar-refractivity contribution in [3.63, 3.8) is 0 Å². The molecular formula is C18H28N2O4S. The summed E-state index contributed by atoms with van der Waals surface area (Å²) in [6.45, 7) is 5.94. The highest BCUT2D eigenvalue weighted by atomic mass is 32.2. The number of nitrogens with zero attached hydrogens (tertiary/aromatic N) is 1. The molecule has 0 spiro atoms. The predicted molar refractivity (Wildman–Crippen MR) is 99.4 cm³/mol. The van der Waals surface area contributed by atoms with E-state index in [4.69, 9.17) is 4.74 Å². The number of ether oxygens (including phenoxy) is 1. The Morgan fingerprint density at radius 3 is 2.44 bits per heavy atom. The van der Waals surface area contributed by atoms with Gasteiger partial charge in [0.1, 0.15) is 15.4 Å². The maximum absolute atomic E-state index is 12.2. The second-order valence-electron chi connectivity index (χ2n) is 7.56. The summed E-state index contributed by atoms with van der Waals surface area (Å²) in [5.74, 6) is 0.454. The number of carbonyl (C=O) groups excluding carboxylic acids is 1. The number of anilines is 1. The number of carbonyl (C=O) groups is 1. The molecule has 1 saturated heterocycles. The summed E-state index contributed by atoms with van der Waals surface area (Å²) >= 11 is 0. The maximum atomic E-state index is 12.2. The molecule has 1 aliphatic heterocycles. The lowest BCUT2D eigenvalue weighted by Crippen LogP contribution is -2.34. The van der Waals surface area contributed by atoms with Crippen LogP contribution in [-0.4, -0.2) is 49.6 Å². The third-order valence-corrected chi connectivity index (χ3v) is 5.76. The summed E-state index contributed by atoms with van der Waals surface area (Å²) in [5, 5.41) is 3.44. The van der Waals surface area contributed by atoms with Crippen LogP contribution in [0.4, 0.5) is 10.5 Å². The van der Waals surface area contributed by atoms with Gasteiger partial charge in [0.05, 0.1) is 18.1 Å². The van der Waals surface area contributed by atoms with E-state index in [0.29, 0.717) is 19.4 Å². The van der Waals surface area contributed by atoms with Gasteiger partial charge in [-0.2, -0.15) is 0 Å². The molecule has 140 valence electrons. The topological polar surface area (TPSA) is 75.7 Å². The van der Waals surface area contributed by atoms with Crippen LogP contribution in [0.1, 0.15) is 39.2 Å². The van der Waals surface area contributed by atoms with Crippen LogP contribution < -0.4 is 5.32 Å².